The van der Waals surface area contributed by atoms with Gasteiger partial charge < -0.3 is 29.5 Å². The van der Waals surface area contributed by atoms with Crippen molar-refractivity contribution in [1.29, 1.82) is 0 Å². The first kappa shape index (κ1) is 50.9. The monoisotopic (exact) mass is 771 g/mol. The van der Waals surface area contributed by atoms with E-state index in [1.165, 1.54) is 77.0 Å². The molecule has 4 N–H and O–H groups in total. The van der Waals surface area contributed by atoms with E-state index in [2.05, 4.69) is 48.8 Å². The molecule has 0 aliphatic heterocycles. The van der Waals surface area contributed by atoms with Gasteiger partial charge in [0.15, 0.2) is 6.10 Å². The van der Waals surface area contributed by atoms with Gasteiger partial charge in [-0.15, -0.1) is 0 Å². The van der Waals surface area contributed by atoms with Crippen molar-refractivity contribution in [3.8, 4) is 0 Å². The van der Waals surface area contributed by atoms with Crippen LogP contribution in [0.5, 0.6) is 0 Å². The highest BCUT2D eigenvalue weighted by atomic mass is 31.2. The van der Waals surface area contributed by atoms with E-state index < -0.39 is 51.3 Å². The fourth-order valence-corrected chi connectivity index (χ4v) is 6.00. The van der Waals surface area contributed by atoms with Crippen molar-refractivity contribution in [3.05, 3.63) is 48.6 Å². The third-order valence-electron chi connectivity index (χ3n) is 8.81. The SMILES string of the molecule is CC/C=C\C/C=C\C/C=C\C/C=C\C[C@H](O)[C@@H](O)CCCC(=O)OC[C@H](COP(=O)(O)O)OC(=O)CCCCCCCCCCCCCCCCCC. The summed E-state index contributed by atoms with van der Waals surface area (Å²) in [5, 5.41) is 20.5. The minimum atomic E-state index is -4.82. The third-order valence-corrected chi connectivity index (χ3v) is 9.30. The van der Waals surface area contributed by atoms with Crippen LogP contribution in [0, 0.1) is 0 Å². The molecule has 11 heteroatoms. The second-order valence-corrected chi connectivity index (χ2v) is 15.1. The molecule has 0 aliphatic rings. The zero-order chi connectivity index (χ0) is 39.3. The lowest BCUT2D eigenvalue weighted by Crippen LogP contribution is -2.29. The van der Waals surface area contributed by atoms with Gasteiger partial charge in [0, 0.05) is 12.8 Å². The molecule has 0 fully saturated rings. The molecule has 0 radical (unpaired) electrons. The Kier molecular flexibility index (Phi) is 35.4. The number of ether oxygens (including phenoxy) is 2. The zero-order valence-corrected chi connectivity index (χ0v) is 34.0. The van der Waals surface area contributed by atoms with Crippen molar-refractivity contribution in [3.63, 3.8) is 0 Å². The second-order valence-electron chi connectivity index (χ2n) is 13.9. The molecule has 0 rings (SSSR count). The molecule has 0 amide bonds. The predicted molar refractivity (Wildman–Crippen MR) is 214 cm³/mol. The molecule has 0 aromatic rings. The minimum absolute atomic E-state index is 0.0486. The Morgan fingerprint density at radius 1 is 0.566 bits per heavy atom. The smallest absolute Gasteiger partial charge is 0.462 e. The summed E-state index contributed by atoms with van der Waals surface area (Å²) in [5.41, 5.74) is 0. The molecule has 10 nitrogen and oxygen atoms in total. The standard InChI is InChI=1S/C42H75O10P/c1-3-5-7-9-11-13-15-17-18-19-20-22-24-26-28-30-34-42(46)52-38(37-51-53(47,48)49)36-50-41(45)35-31-33-40(44)39(43)32-29-27-25-23-21-16-14-12-10-8-6-4-2/h6,8,12,14,21,23,27,29,38-40,43-44H,3-5,7,9-11,13,15-20,22,24-26,28,30-37H2,1-2H3,(H2,47,48,49)/b8-6-,14-12-,23-21-,29-27-/t38-,39+,40+/m1/s1. The van der Waals surface area contributed by atoms with Gasteiger partial charge in [0.25, 0.3) is 0 Å². The molecule has 0 bridgehead atoms. The summed E-state index contributed by atoms with van der Waals surface area (Å²) in [4.78, 5) is 42.9. The van der Waals surface area contributed by atoms with Crippen molar-refractivity contribution in [2.45, 2.75) is 193 Å². The first-order chi connectivity index (χ1) is 25.6. The first-order valence-electron chi connectivity index (χ1n) is 20.6. The number of carbonyl (C=O) groups excluding carboxylic acids is 2. The maximum atomic E-state index is 12.4. The average molecular weight is 771 g/mol. The molecule has 0 aromatic carbocycles. The van der Waals surface area contributed by atoms with E-state index >= 15 is 0 Å². The summed E-state index contributed by atoms with van der Waals surface area (Å²) in [6, 6.07) is 0. The lowest BCUT2D eigenvalue weighted by Gasteiger charge is -2.19. The van der Waals surface area contributed by atoms with Gasteiger partial charge in [0.2, 0.25) is 0 Å². The molecule has 0 unspecified atom stereocenters. The number of aliphatic hydroxyl groups excluding tert-OH is 2. The van der Waals surface area contributed by atoms with Crippen LogP contribution in [0.2, 0.25) is 0 Å². The van der Waals surface area contributed by atoms with E-state index in [1.54, 1.807) is 0 Å². The Labute approximate surface area is 321 Å². The number of allylic oxidation sites excluding steroid dienone is 7. The number of aliphatic hydroxyl groups is 2. The largest absolute Gasteiger partial charge is 0.469 e. The van der Waals surface area contributed by atoms with Crippen LogP contribution in [-0.4, -0.2) is 63.5 Å². The summed E-state index contributed by atoms with van der Waals surface area (Å²) in [6.45, 7) is 3.32. The van der Waals surface area contributed by atoms with Gasteiger partial charge in [-0.3, -0.25) is 14.1 Å². The molecule has 0 spiro atoms. The highest BCUT2D eigenvalue weighted by Gasteiger charge is 2.23. The Morgan fingerprint density at radius 2 is 1.02 bits per heavy atom. The molecular weight excluding hydrogens is 695 g/mol. The maximum Gasteiger partial charge on any atom is 0.469 e. The summed E-state index contributed by atoms with van der Waals surface area (Å²) >= 11 is 0. The summed E-state index contributed by atoms with van der Waals surface area (Å²) < 4.78 is 26.2. The van der Waals surface area contributed by atoms with Crippen molar-refractivity contribution in [1.82, 2.24) is 0 Å². The molecule has 0 heterocycles. The quantitative estimate of drug-likeness (QED) is 0.0207. The number of phosphoric ester groups is 1. The first-order valence-corrected chi connectivity index (χ1v) is 22.1. The van der Waals surface area contributed by atoms with Crippen molar-refractivity contribution >= 4 is 19.8 Å². The summed E-state index contributed by atoms with van der Waals surface area (Å²) in [7, 11) is -4.82. The summed E-state index contributed by atoms with van der Waals surface area (Å²) in [5.74, 6) is -1.17. The fraction of sp³-hybridized carbons (Fsp3) is 0.762. The van der Waals surface area contributed by atoms with E-state index in [4.69, 9.17) is 19.3 Å². The van der Waals surface area contributed by atoms with E-state index in [-0.39, 0.29) is 32.1 Å². The number of carbonyl (C=O) groups is 2. The highest BCUT2D eigenvalue weighted by Crippen LogP contribution is 2.36. The number of phosphoric acid groups is 1. The number of esters is 2. The third kappa shape index (κ3) is 38.0. The van der Waals surface area contributed by atoms with Crippen LogP contribution in [0.15, 0.2) is 48.6 Å². The van der Waals surface area contributed by atoms with Gasteiger partial charge >= 0.3 is 19.8 Å². The van der Waals surface area contributed by atoms with Crippen molar-refractivity contribution in [2.75, 3.05) is 13.2 Å². The van der Waals surface area contributed by atoms with Crippen LogP contribution in [0.1, 0.15) is 174 Å². The maximum absolute atomic E-state index is 12.4. The van der Waals surface area contributed by atoms with Crippen molar-refractivity contribution < 1.29 is 48.2 Å². The number of hydrogen-bond acceptors (Lipinski definition) is 8. The van der Waals surface area contributed by atoms with Gasteiger partial charge in [-0.1, -0.05) is 159 Å². The van der Waals surface area contributed by atoms with E-state index in [9.17, 15) is 24.4 Å². The lowest BCUT2D eigenvalue weighted by molar-refractivity contribution is -0.161. The molecule has 0 saturated carbocycles. The minimum Gasteiger partial charge on any atom is -0.462 e. The molecule has 0 saturated heterocycles. The van der Waals surface area contributed by atoms with E-state index in [0.717, 1.165) is 44.9 Å². The predicted octanol–water partition coefficient (Wildman–Crippen LogP) is 10.3. The lowest BCUT2D eigenvalue weighted by atomic mass is 10.0. The Hall–Kier alpha value is -2.07. The van der Waals surface area contributed by atoms with E-state index in [0.29, 0.717) is 6.42 Å². The molecule has 3 atom stereocenters. The second kappa shape index (κ2) is 36.9. The fourth-order valence-electron chi connectivity index (χ4n) is 5.64. The van der Waals surface area contributed by atoms with Crippen LogP contribution in [0.3, 0.4) is 0 Å². The summed E-state index contributed by atoms with van der Waals surface area (Å²) in [6.07, 6.45) is 37.2. The molecule has 0 aromatic heterocycles. The van der Waals surface area contributed by atoms with Gasteiger partial charge in [0.1, 0.15) is 6.61 Å². The van der Waals surface area contributed by atoms with Crippen LogP contribution < -0.4 is 0 Å². The Morgan fingerprint density at radius 3 is 1.51 bits per heavy atom. The van der Waals surface area contributed by atoms with Crippen LogP contribution in [-0.2, 0) is 28.2 Å². The highest BCUT2D eigenvalue weighted by molar-refractivity contribution is 7.46. The van der Waals surface area contributed by atoms with Gasteiger partial charge in [0.05, 0.1) is 18.8 Å². The number of unbranched alkanes of at least 4 members (excludes halogenated alkanes) is 15. The number of rotatable bonds is 37. The number of hydrogen-bond donors (Lipinski definition) is 4. The molecule has 0 aliphatic carbocycles. The van der Waals surface area contributed by atoms with Gasteiger partial charge in [-0.2, -0.15) is 0 Å². The average Bonchev–Trinajstić information content (AvgIpc) is 3.12. The zero-order valence-electron chi connectivity index (χ0n) is 33.1. The Balaban J connectivity index is 4.16. The van der Waals surface area contributed by atoms with Crippen LogP contribution in [0.25, 0.3) is 0 Å². The van der Waals surface area contributed by atoms with Crippen molar-refractivity contribution in [2.24, 2.45) is 0 Å². The van der Waals surface area contributed by atoms with Gasteiger partial charge in [-0.05, 0) is 51.4 Å². The van der Waals surface area contributed by atoms with Gasteiger partial charge in [-0.25, -0.2) is 4.57 Å². The van der Waals surface area contributed by atoms with E-state index in [1.807, 2.05) is 18.2 Å². The Bertz CT molecular complexity index is 1030. The normalized spacial score (nSPS) is 14.2. The molecular formula is C42H75O10P. The topological polar surface area (TPSA) is 160 Å². The molecule has 53 heavy (non-hydrogen) atoms. The van der Waals surface area contributed by atoms with Crippen LogP contribution >= 0.6 is 7.82 Å². The molecule has 308 valence electrons. The van der Waals surface area contributed by atoms with Crippen LogP contribution in [0.4, 0.5) is 0 Å².